The molecule has 15 heavy (non-hydrogen) atoms. The first-order valence-electron chi connectivity index (χ1n) is 6.09. The second-order valence-corrected chi connectivity index (χ2v) is 5.50. The standard InChI is InChI=1S/C12H23NO2/c1-4-8(7-14)13-10-9-5-6-15-11(9)12(10,2)3/h8-11,13-14H,4-7H2,1-3H3/t8-,9?,10?,11?/m1/s1. The summed E-state index contributed by atoms with van der Waals surface area (Å²) in [6.07, 6.45) is 2.60. The van der Waals surface area contributed by atoms with Crippen molar-refractivity contribution >= 4 is 0 Å². The van der Waals surface area contributed by atoms with Crippen molar-refractivity contribution in [3.8, 4) is 0 Å². The molecular formula is C12H23NO2. The molecule has 1 saturated heterocycles. The number of aliphatic hydroxyl groups excluding tert-OH is 1. The number of ether oxygens (including phenoxy) is 1. The topological polar surface area (TPSA) is 41.5 Å². The molecule has 2 aliphatic rings. The molecule has 2 fully saturated rings. The van der Waals surface area contributed by atoms with Crippen LogP contribution >= 0.6 is 0 Å². The molecule has 0 aromatic rings. The van der Waals surface area contributed by atoms with Crippen LogP contribution in [0.5, 0.6) is 0 Å². The highest BCUT2D eigenvalue weighted by molar-refractivity contribution is 5.11. The van der Waals surface area contributed by atoms with E-state index in [1.807, 2.05) is 0 Å². The largest absolute Gasteiger partial charge is 0.395 e. The average Bonchev–Trinajstić information content (AvgIpc) is 2.65. The number of nitrogens with one attached hydrogen (secondary N) is 1. The van der Waals surface area contributed by atoms with Crippen molar-refractivity contribution in [1.29, 1.82) is 0 Å². The second-order valence-electron chi connectivity index (χ2n) is 5.50. The Morgan fingerprint density at radius 2 is 2.27 bits per heavy atom. The van der Waals surface area contributed by atoms with E-state index in [0.29, 0.717) is 18.1 Å². The molecule has 88 valence electrons. The fourth-order valence-corrected chi connectivity index (χ4v) is 3.22. The molecule has 1 aliphatic heterocycles. The van der Waals surface area contributed by atoms with Crippen molar-refractivity contribution in [2.24, 2.45) is 11.3 Å². The van der Waals surface area contributed by atoms with Gasteiger partial charge in [0.05, 0.1) is 12.7 Å². The summed E-state index contributed by atoms with van der Waals surface area (Å²) < 4.78 is 5.74. The van der Waals surface area contributed by atoms with Gasteiger partial charge in [0, 0.05) is 30.0 Å². The molecule has 0 bridgehead atoms. The van der Waals surface area contributed by atoms with Gasteiger partial charge in [-0.3, -0.25) is 0 Å². The number of hydrogen-bond acceptors (Lipinski definition) is 3. The van der Waals surface area contributed by atoms with Gasteiger partial charge in [-0.05, 0) is 12.8 Å². The first-order chi connectivity index (χ1) is 7.11. The van der Waals surface area contributed by atoms with E-state index in [0.717, 1.165) is 13.0 Å². The molecule has 0 radical (unpaired) electrons. The van der Waals surface area contributed by atoms with E-state index >= 15 is 0 Å². The predicted molar refractivity (Wildman–Crippen MR) is 59.7 cm³/mol. The normalized spacial score (nSPS) is 39.6. The van der Waals surface area contributed by atoms with Gasteiger partial charge < -0.3 is 15.2 Å². The summed E-state index contributed by atoms with van der Waals surface area (Å²) >= 11 is 0. The SMILES string of the molecule is CC[C@H](CO)NC1C2CCOC2C1(C)C. The summed E-state index contributed by atoms with van der Waals surface area (Å²) in [7, 11) is 0. The first-order valence-corrected chi connectivity index (χ1v) is 6.09. The van der Waals surface area contributed by atoms with E-state index in [-0.39, 0.29) is 18.1 Å². The van der Waals surface area contributed by atoms with Crippen LogP contribution < -0.4 is 5.32 Å². The molecule has 1 aliphatic carbocycles. The zero-order valence-electron chi connectivity index (χ0n) is 9.99. The molecule has 0 spiro atoms. The van der Waals surface area contributed by atoms with E-state index in [1.165, 1.54) is 6.42 Å². The molecule has 3 unspecified atom stereocenters. The van der Waals surface area contributed by atoms with Crippen LogP contribution in [0.3, 0.4) is 0 Å². The third-order valence-corrected chi connectivity index (χ3v) is 4.23. The third-order valence-electron chi connectivity index (χ3n) is 4.23. The molecule has 2 N–H and O–H groups in total. The monoisotopic (exact) mass is 213 g/mol. The summed E-state index contributed by atoms with van der Waals surface area (Å²) in [4.78, 5) is 0. The highest BCUT2D eigenvalue weighted by Crippen LogP contribution is 2.52. The van der Waals surface area contributed by atoms with Gasteiger partial charge in [0.15, 0.2) is 0 Å². The van der Waals surface area contributed by atoms with Gasteiger partial charge in [0.1, 0.15) is 0 Å². The summed E-state index contributed by atoms with van der Waals surface area (Å²) in [6, 6.07) is 0.762. The van der Waals surface area contributed by atoms with Gasteiger partial charge in [0.2, 0.25) is 0 Å². The minimum Gasteiger partial charge on any atom is -0.395 e. The lowest BCUT2D eigenvalue weighted by atomic mass is 9.57. The molecular weight excluding hydrogens is 190 g/mol. The molecule has 0 amide bonds. The third kappa shape index (κ3) is 1.71. The van der Waals surface area contributed by atoms with E-state index in [4.69, 9.17) is 4.74 Å². The maximum atomic E-state index is 9.21. The Kier molecular flexibility index (Phi) is 3.06. The van der Waals surface area contributed by atoms with Gasteiger partial charge >= 0.3 is 0 Å². The first kappa shape index (κ1) is 11.4. The number of fused-ring (bicyclic) bond motifs is 1. The van der Waals surface area contributed by atoms with Crippen LogP contribution in [-0.2, 0) is 4.74 Å². The van der Waals surface area contributed by atoms with Crippen molar-refractivity contribution in [2.45, 2.75) is 51.8 Å². The van der Waals surface area contributed by atoms with Crippen LogP contribution in [0.1, 0.15) is 33.6 Å². The van der Waals surface area contributed by atoms with E-state index in [2.05, 4.69) is 26.1 Å². The summed E-state index contributed by atoms with van der Waals surface area (Å²) in [5.74, 6) is 0.667. The van der Waals surface area contributed by atoms with E-state index in [1.54, 1.807) is 0 Å². The van der Waals surface area contributed by atoms with E-state index < -0.39 is 0 Å². The minimum atomic E-state index is 0.226. The molecule has 3 heteroatoms. The van der Waals surface area contributed by atoms with E-state index in [9.17, 15) is 5.11 Å². The van der Waals surface area contributed by atoms with Crippen molar-refractivity contribution < 1.29 is 9.84 Å². The van der Waals surface area contributed by atoms with Crippen LogP contribution in [0.2, 0.25) is 0 Å². The van der Waals surface area contributed by atoms with Crippen LogP contribution in [0.4, 0.5) is 0 Å². The molecule has 4 atom stereocenters. The molecule has 0 aromatic heterocycles. The second kappa shape index (κ2) is 4.04. The number of aliphatic hydroxyl groups is 1. The Labute approximate surface area is 92.2 Å². The minimum absolute atomic E-state index is 0.226. The smallest absolute Gasteiger partial charge is 0.0685 e. The molecule has 1 saturated carbocycles. The predicted octanol–water partition coefficient (Wildman–Crippen LogP) is 1.16. The highest BCUT2D eigenvalue weighted by Gasteiger charge is 2.59. The molecule has 3 nitrogen and oxygen atoms in total. The van der Waals surface area contributed by atoms with Crippen LogP contribution in [0, 0.1) is 11.3 Å². The lowest BCUT2D eigenvalue weighted by Crippen LogP contribution is -2.67. The summed E-state index contributed by atoms with van der Waals surface area (Å²) in [5, 5.41) is 12.8. The Morgan fingerprint density at radius 1 is 1.53 bits per heavy atom. The molecule has 2 rings (SSSR count). The zero-order valence-corrected chi connectivity index (χ0v) is 9.99. The highest BCUT2D eigenvalue weighted by atomic mass is 16.5. The van der Waals surface area contributed by atoms with Crippen LogP contribution in [-0.4, -0.2) is 36.5 Å². The number of rotatable bonds is 4. The van der Waals surface area contributed by atoms with Crippen molar-refractivity contribution in [3.63, 3.8) is 0 Å². The molecule has 1 heterocycles. The maximum Gasteiger partial charge on any atom is 0.0685 e. The fraction of sp³-hybridized carbons (Fsp3) is 1.00. The van der Waals surface area contributed by atoms with Crippen molar-refractivity contribution in [3.05, 3.63) is 0 Å². The lowest BCUT2D eigenvalue weighted by molar-refractivity contribution is -0.116. The van der Waals surface area contributed by atoms with Crippen LogP contribution in [0.15, 0.2) is 0 Å². The quantitative estimate of drug-likeness (QED) is 0.736. The van der Waals surface area contributed by atoms with Gasteiger partial charge in [-0.25, -0.2) is 0 Å². The average molecular weight is 213 g/mol. The van der Waals surface area contributed by atoms with Crippen molar-refractivity contribution in [1.82, 2.24) is 5.32 Å². The summed E-state index contributed by atoms with van der Waals surface area (Å²) in [6.45, 7) is 7.79. The summed E-state index contributed by atoms with van der Waals surface area (Å²) in [5.41, 5.74) is 0.226. The van der Waals surface area contributed by atoms with Crippen molar-refractivity contribution in [2.75, 3.05) is 13.2 Å². The van der Waals surface area contributed by atoms with Gasteiger partial charge in [-0.15, -0.1) is 0 Å². The number of hydrogen-bond donors (Lipinski definition) is 2. The Morgan fingerprint density at radius 3 is 2.87 bits per heavy atom. The Hall–Kier alpha value is -0.120. The van der Waals surface area contributed by atoms with Gasteiger partial charge in [-0.2, -0.15) is 0 Å². The Bertz CT molecular complexity index is 226. The molecule has 0 aromatic carbocycles. The Balaban J connectivity index is 1.97. The zero-order chi connectivity index (χ0) is 11.1. The van der Waals surface area contributed by atoms with Gasteiger partial charge in [0.25, 0.3) is 0 Å². The van der Waals surface area contributed by atoms with Crippen LogP contribution in [0.25, 0.3) is 0 Å². The fourth-order valence-electron chi connectivity index (χ4n) is 3.22. The van der Waals surface area contributed by atoms with Gasteiger partial charge in [-0.1, -0.05) is 20.8 Å². The lowest BCUT2D eigenvalue weighted by Gasteiger charge is -2.55. The maximum absolute atomic E-state index is 9.21.